The van der Waals surface area contributed by atoms with E-state index < -0.39 is 12.1 Å². The normalized spacial score (nSPS) is 13.8. The molecule has 0 aliphatic rings. The van der Waals surface area contributed by atoms with Crippen LogP contribution in [0.3, 0.4) is 0 Å². The van der Waals surface area contributed by atoms with Crippen molar-refractivity contribution in [1.82, 2.24) is 5.32 Å². The lowest BCUT2D eigenvalue weighted by Crippen LogP contribution is -2.45. The summed E-state index contributed by atoms with van der Waals surface area (Å²) in [5.74, 6) is -0.0829. The van der Waals surface area contributed by atoms with Crippen molar-refractivity contribution < 1.29 is 15.0 Å². The maximum absolute atomic E-state index is 12.2. The van der Waals surface area contributed by atoms with Gasteiger partial charge >= 0.3 is 0 Å². The van der Waals surface area contributed by atoms with Gasteiger partial charge < -0.3 is 15.5 Å². The Morgan fingerprint density at radius 3 is 1.58 bits per heavy atom. The summed E-state index contributed by atoms with van der Waals surface area (Å²) >= 11 is 0. The zero-order valence-electron chi connectivity index (χ0n) is 23.8. The molecule has 0 radical (unpaired) electrons. The van der Waals surface area contributed by atoms with Crippen LogP contribution < -0.4 is 5.32 Å². The van der Waals surface area contributed by atoms with Crippen molar-refractivity contribution in [3.8, 4) is 0 Å². The summed E-state index contributed by atoms with van der Waals surface area (Å²) in [6.07, 6.45) is 35.1. The summed E-state index contributed by atoms with van der Waals surface area (Å²) in [4.78, 5) is 12.2. The lowest BCUT2D eigenvalue weighted by Gasteiger charge is -2.19. The van der Waals surface area contributed by atoms with Crippen LogP contribution in [-0.2, 0) is 4.79 Å². The average molecular weight is 506 g/mol. The number of allylic oxidation sites excluding steroid dienone is 5. The van der Waals surface area contributed by atoms with Crippen molar-refractivity contribution in [3.63, 3.8) is 0 Å². The largest absolute Gasteiger partial charge is 0.394 e. The van der Waals surface area contributed by atoms with Crippen molar-refractivity contribution >= 4 is 5.91 Å². The SMILES string of the molecule is CC/C=C/CC/C=C/CC/C=C/C(O)C(CO)NC(=O)CCCCCCCCCCCCCCCC. The number of hydrogen-bond donors (Lipinski definition) is 3. The highest BCUT2D eigenvalue weighted by atomic mass is 16.3. The van der Waals surface area contributed by atoms with Crippen molar-refractivity contribution in [2.24, 2.45) is 0 Å². The van der Waals surface area contributed by atoms with Crippen LogP contribution in [-0.4, -0.2) is 34.9 Å². The van der Waals surface area contributed by atoms with Crippen LogP contribution >= 0.6 is 0 Å². The Bertz CT molecular complexity index is 556. The highest BCUT2D eigenvalue weighted by Gasteiger charge is 2.17. The zero-order valence-corrected chi connectivity index (χ0v) is 23.8. The molecule has 2 atom stereocenters. The van der Waals surface area contributed by atoms with E-state index >= 15 is 0 Å². The van der Waals surface area contributed by atoms with Gasteiger partial charge in [-0.2, -0.15) is 0 Å². The van der Waals surface area contributed by atoms with E-state index in [1.54, 1.807) is 6.08 Å². The molecule has 0 aromatic rings. The number of carbonyl (C=O) groups is 1. The van der Waals surface area contributed by atoms with E-state index in [2.05, 4.69) is 43.5 Å². The molecule has 0 saturated carbocycles. The van der Waals surface area contributed by atoms with Crippen LogP contribution in [0.5, 0.6) is 0 Å². The molecule has 0 saturated heterocycles. The number of amides is 1. The van der Waals surface area contributed by atoms with Gasteiger partial charge in [0.2, 0.25) is 5.91 Å². The summed E-state index contributed by atoms with van der Waals surface area (Å²) < 4.78 is 0. The first kappa shape index (κ1) is 34.6. The van der Waals surface area contributed by atoms with Crippen LogP contribution in [0, 0.1) is 0 Å². The summed E-state index contributed by atoms with van der Waals surface area (Å²) in [7, 11) is 0. The summed E-state index contributed by atoms with van der Waals surface area (Å²) in [5.41, 5.74) is 0. The Kier molecular flexibility index (Phi) is 27.1. The van der Waals surface area contributed by atoms with Gasteiger partial charge in [-0.1, -0.05) is 134 Å². The maximum Gasteiger partial charge on any atom is 0.220 e. The summed E-state index contributed by atoms with van der Waals surface area (Å²) in [6, 6.07) is -0.638. The maximum atomic E-state index is 12.2. The number of rotatable bonds is 26. The number of unbranched alkanes of at least 4 members (excludes halogenated alkanes) is 15. The fourth-order valence-electron chi connectivity index (χ4n) is 4.27. The Balaban J connectivity index is 3.71. The highest BCUT2D eigenvalue weighted by molar-refractivity contribution is 5.76. The van der Waals surface area contributed by atoms with E-state index in [-0.39, 0.29) is 12.5 Å². The van der Waals surface area contributed by atoms with Crippen LogP contribution in [0.25, 0.3) is 0 Å². The molecule has 0 spiro atoms. The van der Waals surface area contributed by atoms with Gasteiger partial charge in [0.15, 0.2) is 0 Å². The predicted molar refractivity (Wildman–Crippen MR) is 156 cm³/mol. The number of carbonyl (C=O) groups excluding carboxylic acids is 1. The van der Waals surface area contributed by atoms with Gasteiger partial charge in [-0.25, -0.2) is 0 Å². The quantitative estimate of drug-likeness (QED) is 0.0817. The van der Waals surface area contributed by atoms with E-state index in [9.17, 15) is 15.0 Å². The highest BCUT2D eigenvalue weighted by Crippen LogP contribution is 2.13. The molecule has 4 nitrogen and oxygen atoms in total. The molecule has 0 fully saturated rings. The van der Waals surface area contributed by atoms with E-state index in [4.69, 9.17) is 0 Å². The smallest absolute Gasteiger partial charge is 0.220 e. The van der Waals surface area contributed by atoms with Crippen molar-refractivity contribution in [1.29, 1.82) is 0 Å². The first-order valence-corrected chi connectivity index (χ1v) is 15.2. The minimum absolute atomic E-state index is 0.0829. The predicted octanol–water partition coefficient (Wildman–Crippen LogP) is 8.33. The first-order chi connectivity index (χ1) is 17.7. The topological polar surface area (TPSA) is 69.6 Å². The fraction of sp³-hybridized carbons (Fsp3) is 0.781. The first-order valence-electron chi connectivity index (χ1n) is 15.2. The lowest BCUT2D eigenvalue weighted by atomic mass is 10.0. The number of nitrogens with one attached hydrogen (secondary N) is 1. The molecule has 0 aromatic heterocycles. The van der Waals surface area contributed by atoms with Gasteiger partial charge in [0, 0.05) is 6.42 Å². The second-order valence-corrected chi connectivity index (χ2v) is 10.1. The molecule has 3 N–H and O–H groups in total. The summed E-state index contributed by atoms with van der Waals surface area (Å²) in [6.45, 7) is 4.14. The molecule has 1 amide bonds. The molecule has 0 heterocycles. The third-order valence-electron chi connectivity index (χ3n) is 6.62. The molecule has 0 rings (SSSR count). The zero-order chi connectivity index (χ0) is 26.5. The second kappa shape index (κ2) is 28.2. The van der Waals surface area contributed by atoms with Gasteiger partial charge in [-0.05, 0) is 38.5 Å². The molecule has 210 valence electrons. The Labute approximate surface area is 223 Å². The Morgan fingerprint density at radius 2 is 1.11 bits per heavy atom. The fourth-order valence-corrected chi connectivity index (χ4v) is 4.27. The van der Waals surface area contributed by atoms with Gasteiger partial charge in [0.25, 0.3) is 0 Å². The molecule has 0 aliphatic carbocycles. The Hall–Kier alpha value is -1.39. The molecule has 0 bridgehead atoms. The number of hydrogen-bond acceptors (Lipinski definition) is 3. The van der Waals surface area contributed by atoms with E-state index in [0.29, 0.717) is 6.42 Å². The van der Waals surface area contributed by atoms with E-state index in [0.717, 1.165) is 44.9 Å². The van der Waals surface area contributed by atoms with Crippen LogP contribution in [0.4, 0.5) is 0 Å². The third kappa shape index (κ3) is 24.3. The van der Waals surface area contributed by atoms with Crippen molar-refractivity contribution in [2.75, 3.05) is 6.61 Å². The Morgan fingerprint density at radius 1 is 0.667 bits per heavy atom. The average Bonchev–Trinajstić information content (AvgIpc) is 2.88. The van der Waals surface area contributed by atoms with E-state index in [1.807, 2.05) is 6.08 Å². The van der Waals surface area contributed by atoms with Gasteiger partial charge in [-0.15, -0.1) is 0 Å². The van der Waals surface area contributed by atoms with Crippen LogP contribution in [0.2, 0.25) is 0 Å². The van der Waals surface area contributed by atoms with Gasteiger partial charge in [-0.3, -0.25) is 4.79 Å². The molecule has 0 aliphatic heterocycles. The number of aliphatic hydroxyl groups is 2. The minimum atomic E-state index is -0.863. The molecule has 36 heavy (non-hydrogen) atoms. The number of aliphatic hydroxyl groups excluding tert-OH is 2. The van der Waals surface area contributed by atoms with Crippen LogP contribution in [0.15, 0.2) is 36.5 Å². The molecule has 4 heteroatoms. The standard InChI is InChI=1S/C32H59NO3/c1-3-5-7-9-11-13-15-16-17-18-20-22-24-26-28-32(36)33-30(29-34)31(35)27-25-23-21-19-14-12-10-8-6-4-2/h6,8,14,19,25,27,30-31,34-35H,3-5,7,9-13,15-18,20-24,26,28-29H2,1-2H3,(H,33,36)/b8-6+,19-14+,27-25+. The molecular formula is C32H59NO3. The third-order valence-corrected chi connectivity index (χ3v) is 6.62. The van der Waals surface area contributed by atoms with Crippen molar-refractivity contribution in [2.45, 2.75) is 154 Å². The van der Waals surface area contributed by atoms with E-state index in [1.165, 1.54) is 77.0 Å². The molecule has 2 unspecified atom stereocenters. The molecule has 0 aromatic carbocycles. The minimum Gasteiger partial charge on any atom is -0.394 e. The molecular weight excluding hydrogens is 446 g/mol. The van der Waals surface area contributed by atoms with Crippen molar-refractivity contribution in [3.05, 3.63) is 36.5 Å². The van der Waals surface area contributed by atoms with Gasteiger partial charge in [0.1, 0.15) is 0 Å². The monoisotopic (exact) mass is 505 g/mol. The van der Waals surface area contributed by atoms with Gasteiger partial charge in [0.05, 0.1) is 18.8 Å². The van der Waals surface area contributed by atoms with Crippen LogP contribution in [0.1, 0.15) is 142 Å². The second-order valence-electron chi connectivity index (χ2n) is 10.1. The lowest BCUT2D eigenvalue weighted by molar-refractivity contribution is -0.123. The summed E-state index contributed by atoms with van der Waals surface area (Å²) in [5, 5.41) is 22.7.